The van der Waals surface area contributed by atoms with E-state index < -0.39 is 272 Å². The van der Waals surface area contributed by atoms with Gasteiger partial charge in [0.05, 0.1) is 49.7 Å². The van der Waals surface area contributed by atoms with Crippen LogP contribution in [0.1, 0.15) is 147 Å². The number of ether oxygens (including phenoxy) is 15. The van der Waals surface area contributed by atoms with E-state index >= 15 is 4.79 Å². The van der Waals surface area contributed by atoms with Gasteiger partial charge in [0.1, 0.15) is 122 Å². The molecule has 38 atom stereocenters. The highest BCUT2D eigenvalue weighted by molar-refractivity contribution is 5.80. The fourth-order valence-electron chi connectivity index (χ4n) is 19.8. The highest BCUT2D eigenvalue weighted by atomic mass is 16.8. The van der Waals surface area contributed by atoms with Gasteiger partial charge in [0.25, 0.3) is 0 Å². The first-order chi connectivity index (χ1) is 49.8. The second-order valence-electron chi connectivity index (χ2n) is 33.1. The largest absolute Gasteiger partial charge is 0.464 e. The number of allylic oxidation sites excluding steroid dienone is 2. The molecule has 0 aromatic carbocycles. The van der Waals surface area contributed by atoms with Gasteiger partial charge in [-0.15, -0.1) is 0 Å². The van der Waals surface area contributed by atoms with E-state index in [1.54, 1.807) is 6.92 Å². The fourth-order valence-corrected chi connectivity index (χ4v) is 19.8. The highest BCUT2D eigenvalue weighted by Crippen LogP contribution is 2.76. The van der Waals surface area contributed by atoms with E-state index in [0.717, 1.165) is 25.7 Å². The number of unbranched alkanes of at least 4 members (excludes halogenated alkanes) is 1. The molecule has 0 unspecified atom stereocenters. The summed E-state index contributed by atoms with van der Waals surface area (Å²) in [7, 11) is 0. The molecule has 34 heteroatoms. The third kappa shape index (κ3) is 14.9. The van der Waals surface area contributed by atoms with Gasteiger partial charge in [-0.2, -0.15) is 0 Å². The van der Waals surface area contributed by atoms with Crippen molar-refractivity contribution in [2.24, 2.45) is 50.2 Å². The first kappa shape index (κ1) is 83.2. The SMILES string of the molecule is CCCCOC(=O)[C@H]1O[C@@H](O[C@H]2CC[C@@]3(C)[C@H](CC[C@]4(C)[C@@H]3CC=C3[C@@H]5CC(C)(C)CC[C@]5(C(=O)O[C@@H]5O[C@H](C)[C@H](OC(C)=O)[C@H](O[C@@H]6O[C@H](COC(C)=O)[C@@H](O)[C@H]6O)[C@H]5O[C@@H]5O[C@@H](C)[C@H](O[C@@H]6OC[C@@H](O)[C@H](O)[C@H]6O)[C@@H](O)[C@H]5O)[C@H](O)C[C@]34C)[C@]2(C)C=O)[C@H](O[C@@H]2O[C@H](CO)[C@H](O)[C@H](O)[C@H]2O)[C@@H](O)[C@@H]1O. The maximum absolute atomic E-state index is 16.2. The summed E-state index contributed by atoms with van der Waals surface area (Å²) < 4.78 is 90.7. The molecule has 0 radical (unpaired) electrons. The van der Waals surface area contributed by atoms with Crippen LogP contribution in [0.3, 0.4) is 0 Å². The van der Waals surface area contributed by atoms with Gasteiger partial charge in [0.15, 0.2) is 49.8 Å². The van der Waals surface area contributed by atoms with Crippen molar-refractivity contribution in [3.63, 3.8) is 0 Å². The molecule has 34 nitrogen and oxygen atoms in total. The molecule has 6 saturated heterocycles. The summed E-state index contributed by atoms with van der Waals surface area (Å²) in [5.74, 6) is -4.93. The Morgan fingerprint density at radius 1 is 0.557 bits per heavy atom. The number of esters is 4. The van der Waals surface area contributed by atoms with Crippen LogP contribution in [0.5, 0.6) is 0 Å². The minimum Gasteiger partial charge on any atom is -0.464 e. The fraction of sp³-hybridized carbons (Fsp3) is 0.903. The molecule has 11 aliphatic rings. The number of hydrogen-bond acceptors (Lipinski definition) is 34. The smallest absolute Gasteiger partial charge is 0.338 e. The number of carbonyl (C=O) groups is 5. The van der Waals surface area contributed by atoms with Gasteiger partial charge >= 0.3 is 23.9 Å². The Morgan fingerprint density at radius 3 is 1.81 bits per heavy atom. The monoisotopic (exact) mass is 1520 g/mol. The lowest BCUT2D eigenvalue weighted by Crippen LogP contribution is -2.69. The lowest BCUT2D eigenvalue weighted by Gasteiger charge is -2.71. The van der Waals surface area contributed by atoms with Crippen LogP contribution in [0.4, 0.5) is 0 Å². The lowest BCUT2D eigenvalue weighted by molar-refractivity contribution is -0.382. The molecule has 14 N–H and O–H groups in total. The van der Waals surface area contributed by atoms with E-state index in [0.29, 0.717) is 51.4 Å². The van der Waals surface area contributed by atoms with Crippen LogP contribution in [0.15, 0.2) is 11.6 Å². The standard InChI is InChI=1S/C72H112O34/c1-12-13-22-92-59(90)55-46(83)47(84)56(103-63-51(88)45(82)43(80)36(25-73)98-63)64(102-55)100-41-17-18-68(8)38(69(41,9)28-74)16-19-70(10)39(68)15-14-33-34-23-67(6,7)20-21-72(34,40(78)24-71(33,70)11)66(91)106-65-58(105-61-52(89)48(85)53(29(2)95-61)101-60-49(86)42(79)35(77)26-94-60)57(54(30(3)96-65)97-32(5)76)104-62-50(87)44(81)37(99-62)27-93-31(4)75/h14,28-30,34-58,60-65,73,77-89H,12-13,15-27H2,1-11H3/t29-,30+,34-,35+,36+,37+,38-,39+,40+,41-,42-,43-,44+,45-,46-,47-,48-,49+,50+,51+,52+,53-,54-,55-,56+,57-,58+,60-,61-,62-,63-,64+,65-,68-,69-,70+,71+,72+/m0/s1. The van der Waals surface area contributed by atoms with Crippen molar-refractivity contribution in [2.45, 2.75) is 331 Å². The topological polar surface area (TPSA) is 507 Å². The van der Waals surface area contributed by atoms with Gasteiger partial charge < -0.3 is 147 Å². The third-order valence-electron chi connectivity index (χ3n) is 26.1. The van der Waals surface area contributed by atoms with E-state index in [9.17, 15) is 90.7 Å². The van der Waals surface area contributed by atoms with Crippen LogP contribution in [-0.4, -0.2) is 312 Å². The van der Waals surface area contributed by atoms with Gasteiger partial charge in [-0.25, -0.2) is 4.79 Å². The zero-order valence-corrected chi connectivity index (χ0v) is 61.7. The zero-order chi connectivity index (χ0) is 77.6. The predicted molar refractivity (Wildman–Crippen MR) is 353 cm³/mol. The molecular weight excluding hydrogens is 1410 g/mol. The summed E-state index contributed by atoms with van der Waals surface area (Å²) in [6.45, 7) is 17.4. The van der Waals surface area contributed by atoms with Crippen LogP contribution in [0.25, 0.3) is 0 Å². The van der Waals surface area contributed by atoms with Crippen molar-refractivity contribution in [1.82, 2.24) is 0 Å². The Hall–Kier alpha value is -3.71. The molecule has 11 rings (SSSR count). The Kier molecular flexibility index (Phi) is 25.2. The quantitative estimate of drug-likeness (QED) is 0.0142. The summed E-state index contributed by atoms with van der Waals surface area (Å²) >= 11 is 0. The summed E-state index contributed by atoms with van der Waals surface area (Å²) in [5.41, 5.74) is -4.77. The van der Waals surface area contributed by atoms with Gasteiger partial charge in [0, 0.05) is 13.8 Å². The van der Waals surface area contributed by atoms with E-state index in [1.807, 2.05) is 6.92 Å². The first-order valence-corrected chi connectivity index (χ1v) is 37.2. The lowest BCUT2D eigenvalue weighted by atomic mass is 9.33. The van der Waals surface area contributed by atoms with E-state index in [2.05, 4.69) is 40.7 Å². The van der Waals surface area contributed by atoms with E-state index in [-0.39, 0.29) is 31.8 Å². The van der Waals surface area contributed by atoms with Crippen LogP contribution in [0, 0.1) is 50.2 Å². The van der Waals surface area contributed by atoms with Crippen LogP contribution in [-0.2, 0) is 95.0 Å². The molecule has 6 heterocycles. The molecule has 0 spiro atoms. The van der Waals surface area contributed by atoms with Gasteiger partial charge in [-0.05, 0) is 117 Å². The van der Waals surface area contributed by atoms with Crippen LogP contribution < -0.4 is 0 Å². The molecular formula is C72H112O34. The number of aliphatic hydroxyl groups excluding tert-OH is 14. The van der Waals surface area contributed by atoms with Crippen molar-refractivity contribution in [1.29, 1.82) is 0 Å². The molecule has 10 fully saturated rings. The van der Waals surface area contributed by atoms with Crippen molar-refractivity contribution >= 4 is 30.2 Å². The van der Waals surface area contributed by atoms with Gasteiger partial charge in [0.2, 0.25) is 6.29 Å². The molecule has 6 aliphatic heterocycles. The van der Waals surface area contributed by atoms with Crippen molar-refractivity contribution in [2.75, 3.05) is 26.4 Å². The van der Waals surface area contributed by atoms with E-state index in [1.165, 1.54) is 13.8 Å². The number of hydrogen-bond donors (Lipinski definition) is 14. The summed E-state index contributed by atoms with van der Waals surface area (Å²) in [5, 5.41) is 157. The van der Waals surface area contributed by atoms with E-state index in [4.69, 9.17) is 71.1 Å². The zero-order valence-electron chi connectivity index (χ0n) is 61.7. The number of aliphatic hydroxyl groups is 14. The minimum absolute atomic E-state index is 0.0276. The average Bonchev–Trinajstić information content (AvgIpc) is 0.891. The predicted octanol–water partition coefficient (Wildman–Crippen LogP) is -2.41. The van der Waals surface area contributed by atoms with Gasteiger partial charge in [-0.1, -0.05) is 66.5 Å². The average molecular weight is 1520 g/mol. The van der Waals surface area contributed by atoms with Crippen molar-refractivity contribution in [3.05, 3.63) is 11.6 Å². The second kappa shape index (κ2) is 32.0. The Balaban J connectivity index is 0.894. The van der Waals surface area contributed by atoms with Gasteiger partial charge in [-0.3, -0.25) is 14.4 Å². The Labute approximate surface area is 614 Å². The second-order valence-corrected chi connectivity index (χ2v) is 33.1. The number of carbonyl (C=O) groups excluding carboxylic acids is 5. The number of rotatable bonds is 21. The molecule has 5 aliphatic carbocycles. The molecule has 4 saturated carbocycles. The van der Waals surface area contributed by atoms with Crippen molar-refractivity contribution < 1.29 is 167 Å². The maximum Gasteiger partial charge on any atom is 0.338 e. The molecule has 106 heavy (non-hydrogen) atoms. The molecule has 0 bridgehead atoms. The first-order valence-electron chi connectivity index (χ1n) is 37.2. The maximum atomic E-state index is 16.2. The normalized spacial score (nSPS) is 50.7. The molecule has 0 aromatic rings. The van der Waals surface area contributed by atoms with Crippen LogP contribution in [0.2, 0.25) is 0 Å². The summed E-state index contributed by atoms with van der Waals surface area (Å²) in [6.07, 6.45) is -44.5. The Bertz CT molecular complexity index is 3120. The number of aldehydes is 1. The van der Waals surface area contributed by atoms with Crippen LogP contribution >= 0.6 is 0 Å². The minimum atomic E-state index is -2.09. The van der Waals surface area contributed by atoms with Crippen molar-refractivity contribution in [3.8, 4) is 0 Å². The summed E-state index contributed by atoms with van der Waals surface area (Å²) in [4.78, 5) is 69.1. The molecule has 0 aromatic heterocycles. The number of fused-ring (bicyclic) bond motifs is 7. The molecule has 604 valence electrons. The highest BCUT2D eigenvalue weighted by Gasteiger charge is 2.73. The third-order valence-corrected chi connectivity index (χ3v) is 26.1. The summed E-state index contributed by atoms with van der Waals surface area (Å²) in [6, 6.07) is 0. The molecule has 0 amide bonds. The Morgan fingerprint density at radius 2 is 1.15 bits per heavy atom.